The summed E-state index contributed by atoms with van der Waals surface area (Å²) in [6, 6.07) is 14.2. The zero-order valence-corrected chi connectivity index (χ0v) is 18.0. The lowest BCUT2D eigenvalue weighted by atomic mass is 9.92. The minimum absolute atomic E-state index is 0.195. The summed E-state index contributed by atoms with van der Waals surface area (Å²) in [7, 11) is 0. The molecule has 2 aromatic carbocycles. The van der Waals surface area contributed by atoms with Gasteiger partial charge in [-0.3, -0.25) is 5.32 Å². The van der Waals surface area contributed by atoms with Crippen LogP contribution in [0.15, 0.2) is 48.5 Å². The number of nitrogens with two attached hydrogens (primary N) is 1. The molecule has 0 aliphatic carbocycles. The van der Waals surface area contributed by atoms with Gasteiger partial charge >= 0.3 is 6.03 Å². The van der Waals surface area contributed by atoms with Gasteiger partial charge in [0.05, 0.1) is 27.1 Å². The lowest BCUT2D eigenvalue weighted by Crippen LogP contribution is -2.21. The molecule has 1 aromatic heterocycles. The van der Waals surface area contributed by atoms with Gasteiger partial charge in [-0.15, -0.1) is 0 Å². The number of benzene rings is 2. The van der Waals surface area contributed by atoms with Crippen molar-refractivity contribution < 1.29 is 4.79 Å². The highest BCUT2D eigenvalue weighted by Gasteiger charge is 2.22. The van der Waals surface area contributed by atoms with Crippen molar-refractivity contribution in [3.63, 3.8) is 0 Å². The first-order valence-electron chi connectivity index (χ1n) is 9.11. The quantitative estimate of drug-likeness (QED) is 0.503. The van der Waals surface area contributed by atoms with Gasteiger partial charge in [-0.2, -0.15) is 5.10 Å². The van der Waals surface area contributed by atoms with Crippen LogP contribution in [-0.2, 0) is 12.0 Å². The Bertz CT molecular complexity index is 1040. The Morgan fingerprint density at radius 2 is 1.83 bits per heavy atom. The molecule has 29 heavy (non-hydrogen) atoms. The van der Waals surface area contributed by atoms with Gasteiger partial charge in [0, 0.05) is 18.0 Å². The number of hydrogen-bond donors (Lipinski definition) is 3. The number of amides is 2. The van der Waals surface area contributed by atoms with E-state index in [0.717, 1.165) is 16.9 Å². The molecule has 0 spiro atoms. The smallest absolute Gasteiger partial charge is 0.324 e. The van der Waals surface area contributed by atoms with E-state index in [1.807, 2.05) is 30.3 Å². The lowest BCUT2D eigenvalue weighted by Gasteiger charge is -2.14. The van der Waals surface area contributed by atoms with Crippen LogP contribution < -0.4 is 16.4 Å². The second kappa shape index (κ2) is 8.45. The highest BCUT2D eigenvalue weighted by molar-refractivity contribution is 6.44. The van der Waals surface area contributed by atoms with Crippen LogP contribution in [0, 0.1) is 0 Å². The number of urea groups is 1. The Morgan fingerprint density at radius 3 is 2.52 bits per heavy atom. The molecule has 0 atom stereocenters. The Hall–Kier alpha value is -2.54. The summed E-state index contributed by atoms with van der Waals surface area (Å²) in [6.07, 6.45) is 0. The Morgan fingerprint density at radius 1 is 1.10 bits per heavy atom. The van der Waals surface area contributed by atoms with Crippen molar-refractivity contribution in [3.8, 4) is 5.69 Å². The maximum Gasteiger partial charge on any atom is 0.324 e. The number of rotatable bonds is 4. The average Bonchev–Trinajstić information content (AvgIpc) is 3.09. The number of aromatic nitrogens is 2. The molecule has 0 saturated heterocycles. The highest BCUT2D eigenvalue weighted by Crippen LogP contribution is 2.30. The standard InChI is InChI=1S/C21H23Cl2N5O/c1-21(2,3)17-11-18(28(27-17)14-7-4-6-13(10-14)12-24)26-20(29)25-16-9-5-8-15(22)19(16)23/h4-11H,12,24H2,1-3H3,(H2,25,26,29). The summed E-state index contributed by atoms with van der Waals surface area (Å²) < 4.78 is 1.69. The number of carbonyl (C=O) groups excluding carboxylic acids is 1. The van der Waals surface area contributed by atoms with E-state index >= 15 is 0 Å². The summed E-state index contributed by atoms with van der Waals surface area (Å²) in [5, 5.41) is 10.9. The van der Waals surface area contributed by atoms with Gasteiger partial charge in [0.15, 0.2) is 0 Å². The zero-order valence-electron chi connectivity index (χ0n) is 16.5. The van der Waals surface area contributed by atoms with Crippen molar-refractivity contribution in [2.24, 2.45) is 5.73 Å². The van der Waals surface area contributed by atoms with Crippen molar-refractivity contribution >= 4 is 40.7 Å². The number of hydrogen-bond acceptors (Lipinski definition) is 3. The van der Waals surface area contributed by atoms with Gasteiger partial charge in [-0.25, -0.2) is 9.48 Å². The molecule has 0 aliphatic rings. The first kappa shape index (κ1) is 21.2. The fourth-order valence-electron chi connectivity index (χ4n) is 2.72. The van der Waals surface area contributed by atoms with Crippen LogP contribution in [0.25, 0.3) is 5.69 Å². The first-order valence-corrected chi connectivity index (χ1v) is 9.86. The number of anilines is 2. The predicted octanol–water partition coefficient (Wildman–Crippen LogP) is 5.58. The monoisotopic (exact) mass is 431 g/mol. The lowest BCUT2D eigenvalue weighted by molar-refractivity contribution is 0.262. The van der Waals surface area contributed by atoms with Crippen LogP contribution in [0.3, 0.4) is 0 Å². The number of carbonyl (C=O) groups is 1. The highest BCUT2D eigenvalue weighted by atomic mass is 35.5. The van der Waals surface area contributed by atoms with E-state index in [9.17, 15) is 4.79 Å². The summed E-state index contributed by atoms with van der Waals surface area (Å²) in [5.41, 5.74) is 8.61. The minimum atomic E-state index is -0.453. The topological polar surface area (TPSA) is 85.0 Å². The number of nitrogens with zero attached hydrogens (tertiary/aromatic N) is 2. The van der Waals surface area contributed by atoms with E-state index in [0.29, 0.717) is 23.1 Å². The molecule has 0 bridgehead atoms. The van der Waals surface area contributed by atoms with Crippen LogP contribution in [-0.4, -0.2) is 15.8 Å². The van der Waals surface area contributed by atoms with E-state index in [-0.39, 0.29) is 10.4 Å². The van der Waals surface area contributed by atoms with Crippen molar-refractivity contribution in [1.29, 1.82) is 0 Å². The summed E-state index contributed by atoms with van der Waals surface area (Å²) in [4.78, 5) is 12.6. The van der Waals surface area contributed by atoms with Crippen LogP contribution in [0.5, 0.6) is 0 Å². The van der Waals surface area contributed by atoms with E-state index in [1.165, 1.54) is 0 Å². The normalized spacial score (nSPS) is 11.4. The first-order chi connectivity index (χ1) is 13.7. The Kier molecular flexibility index (Phi) is 6.17. The van der Waals surface area contributed by atoms with Crippen LogP contribution in [0.1, 0.15) is 32.0 Å². The molecule has 6 nitrogen and oxygen atoms in total. The fourth-order valence-corrected chi connectivity index (χ4v) is 3.07. The average molecular weight is 432 g/mol. The predicted molar refractivity (Wildman–Crippen MR) is 119 cm³/mol. The Balaban J connectivity index is 1.94. The van der Waals surface area contributed by atoms with E-state index < -0.39 is 6.03 Å². The van der Waals surface area contributed by atoms with E-state index in [4.69, 9.17) is 34.0 Å². The van der Waals surface area contributed by atoms with Crippen LogP contribution in [0.2, 0.25) is 10.0 Å². The third kappa shape index (κ3) is 4.90. The van der Waals surface area contributed by atoms with Crippen molar-refractivity contribution in [1.82, 2.24) is 9.78 Å². The van der Waals surface area contributed by atoms with Gasteiger partial charge in [-0.1, -0.05) is 62.2 Å². The molecule has 8 heteroatoms. The van der Waals surface area contributed by atoms with Gasteiger partial charge in [0.1, 0.15) is 5.82 Å². The molecule has 3 aromatic rings. The second-order valence-electron chi connectivity index (χ2n) is 7.63. The van der Waals surface area contributed by atoms with Gasteiger partial charge in [0.25, 0.3) is 0 Å². The molecule has 0 fully saturated rings. The van der Waals surface area contributed by atoms with Crippen molar-refractivity contribution in [3.05, 3.63) is 69.8 Å². The molecule has 0 saturated carbocycles. The van der Waals surface area contributed by atoms with Gasteiger partial charge < -0.3 is 11.1 Å². The molecule has 1 heterocycles. The molecule has 3 rings (SSSR count). The summed E-state index contributed by atoms with van der Waals surface area (Å²) >= 11 is 12.2. The maximum atomic E-state index is 12.6. The molecular weight excluding hydrogens is 409 g/mol. The number of halogens is 2. The SMILES string of the molecule is CC(C)(C)c1cc(NC(=O)Nc2cccc(Cl)c2Cl)n(-c2cccc(CN)c2)n1. The summed E-state index contributed by atoms with van der Waals surface area (Å²) in [6.45, 7) is 6.60. The largest absolute Gasteiger partial charge is 0.326 e. The number of nitrogens with one attached hydrogen (secondary N) is 2. The molecule has 0 aliphatic heterocycles. The van der Waals surface area contributed by atoms with Gasteiger partial charge in [-0.05, 0) is 29.8 Å². The molecular formula is C21H23Cl2N5O. The van der Waals surface area contributed by atoms with Crippen LogP contribution >= 0.6 is 23.2 Å². The Labute approximate surface area is 180 Å². The molecule has 0 unspecified atom stereocenters. The molecule has 0 radical (unpaired) electrons. The van der Waals surface area contributed by atoms with Crippen LogP contribution in [0.4, 0.5) is 16.3 Å². The molecule has 4 N–H and O–H groups in total. The van der Waals surface area contributed by atoms with Crippen molar-refractivity contribution in [2.75, 3.05) is 10.6 Å². The second-order valence-corrected chi connectivity index (χ2v) is 8.42. The van der Waals surface area contributed by atoms with E-state index in [1.54, 1.807) is 22.9 Å². The third-order valence-electron chi connectivity index (χ3n) is 4.31. The van der Waals surface area contributed by atoms with E-state index in [2.05, 4.69) is 31.4 Å². The summed E-state index contributed by atoms with van der Waals surface area (Å²) in [5.74, 6) is 0.528. The fraction of sp³-hybridized carbons (Fsp3) is 0.238. The zero-order chi connectivity index (χ0) is 21.2. The van der Waals surface area contributed by atoms with Gasteiger partial charge in [0.2, 0.25) is 0 Å². The minimum Gasteiger partial charge on any atom is -0.326 e. The van der Waals surface area contributed by atoms with Crippen molar-refractivity contribution in [2.45, 2.75) is 32.7 Å². The third-order valence-corrected chi connectivity index (χ3v) is 5.13. The molecule has 152 valence electrons. The molecule has 2 amide bonds. The maximum absolute atomic E-state index is 12.6.